The fourth-order valence-corrected chi connectivity index (χ4v) is 2.92. The van der Waals surface area contributed by atoms with Crippen LogP contribution in [0.3, 0.4) is 0 Å². The fraction of sp³-hybridized carbons (Fsp3) is 0.130. The smallest absolute Gasteiger partial charge is 0.400 e. The molecule has 0 bridgehead atoms. The van der Waals surface area contributed by atoms with Gasteiger partial charge in [0.1, 0.15) is 23.9 Å². The molecule has 0 atom stereocenters. The van der Waals surface area contributed by atoms with E-state index in [1.165, 1.54) is 13.2 Å². The van der Waals surface area contributed by atoms with Crippen LogP contribution in [-0.2, 0) is 17.9 Å². The molecule has 0 spiro atoms. The lowest BCUT2D eigenvalue weighted by Crippen LogP contribution is -2.16. The molecule has 2 N–H and O–H groups in total. The van der Waals surface area contributed by atoms with Gasteiger partial charge in [0.05, 0.1) is 12.7 Å². The molecule has 160 valence electrons. The summed E-state index contributed by atoms with van der Waals surface area (Å²) < 4.78 is 16.5. The van der Waals surface area contributed by atoms with Crippen molar-refractivity contribution in [1.29, 1.82) is 0 Å². The number of carbonyl (C=O) groups excluding carboxylic acids is 1. The van der Waals surface area contributed by atoms with E-state index in [2.05, 4.69) is 11.7 Å². The lowest BCUT2D eigenvalue weighted by atomic mass is 10.1. The summed E-state index contributed by atoms with van der Waals surface area (Å²) in [6.45, 7) is 3.89. The van der Waals surface area contributed by atoms with E-state index < -0.39 is 5.97 Å². The minimum Gasteiger partial charge on any atom is -0.496 e. The summed E-state index contributed by atoms with van der Waals surface area (Å²) in [7, 11) is 1.48. The van der Waals surface area contributed by atoms with Crippen LogP contribution in [0.4, 0.5) is 0 Å². The average molecular weight is 441 g/mol. The van der Waals surface area contributed by atoms with Crippen molar-refractivity contribution < 1.29 is 23.5 Å². The van der Waals surface area contributed by atoms with Crippen LogP contribution in [0.1, 0.15) is 27.4 Å². The molecule has 0 radical (unpaired) electrons. The molecule has 0 amide bonds. The molecule has 0 saturated heterocycles. The molecule has 3 rings (SSSR count). The summed E-state index contributed by atoms with van der Waals surface area (Å²) in [4.78, 5) is 17.1. The zero-order valence-corrected chi connectivity index (χ0v) is 17.6. The number of halogens is 1. The average Bonchev–Trinajstić information content (AvgIpc) is 3.26. The predicted molar refractivity (Wildman–Crippen MR) is 118 cm³/mol. The van der Waals surface area contributed by atoms with Crippen molar-refractivity contribution in [1.82, 2.24) is 0 Å². The highest BCUT2D eigenvalue weighted by molar-refractivity contribution is 6.31. The van der Waals surface area contributed by atoms with Crippen LogP contribution >= 0.6 is 11.6 Å². The molecular formula is C23H21ClN2O5. The Balaban J connectivity index is 1.63. The molecule has 0 aliphatic heterocycles. The van der Waals surface area contributed by atoms with E-state index in [4.69, 9.17) is 36.1 Å². The number of methoxy groups -OCH3 is 1. The third-order valence-electron chi connectivity index (χ3n) is 4.23. The van der Waals surface area contributed by atoms with Gasteiger partial charge in [-0.25, -0.2) is 4.79 Å². The molecule has 1 aromatic heterocycles. The van der Waals surface area contributed by atoms with Crippen LogP contribution in [0, 0.1) is 0 Å². The second-order valence-electron chi connectivity index (χ2n) is 6.36. The Bertz CT molecular complexity index is 1110. The van der Waals surface area contributed by atoms with E-state index in [0.717, 1.165) is 11.3 Å². The highest BCUT2D eigenvalue weighted by Crippen LogP contribution is 2.23. The summed E-state index contributed by atoms with van der Waals surface area (Å²) in [6.07, 6.45) is 2.48. The topological polar surface area (TPSA) is 96.3 Å². The lowest BCUT2D eigenvalue weighted by molar-refractivity contribution is 0.0475. The quantitative estimate of drug-likeness (QED) is 0.170. The van der Waals surface area contributed by atoms with Gasteiger partial charge in [-0.3, -0.25) is 0 Å². The largest absolute Gasteiger partial charge is 0.496 e. The number of nitrogens with zero attached hydrogens (tertiary/aromatic N) is 1. The maximum atomic E-state index is 12.2. The molecule has 0 aliphatic carbocycles. The number of amidine groups is 1. The number of furan rings is 1. The normalized spacial score (nSPS) is 11.1. The third kappa shape index (κ3) is 5.67. The maximum absolute atomic E-state index is 12.2. The van der Waals surface area contributed by atoms with Gasteiger partial charge in [-0.2, -0.15) is 0 Å². The molecular weight excluding hydrogens is 420 g/mol. The maximum Gasteiger partial charge on any atom is 0.400 e. The van der Waals surface area contributed by atoms with Crippen molar-refractivity contribution in [3.8, 4) is 11.5 Å². The fourth-order valence-electron chi connectivity index (χ4n) is 2.75. The Morgan fingerprint density at radius 3 is 2.77 bits per heavy atom. The van der Waals surface area contributed by atoms with Crippen molar-refractivity contribution in [2.24, 2.45) is 10.9 Å². The van der Waals surface area contributed by atoms with Crippen LogP contribution in [0.2, 0.25) is 5.02 Å². The number of rotatable bonds is 9. The standard InChI is InChI=1S/C23H21ClN2O5/c1-3-6-15-7-4-5-8-19(15)29-14-17-10-12-21(30-17)23(27)31-26-22(25)18-13-16(24)9-11-20(18)28-2/h3-5,7-13H,1,6,14H2,2H3,(H2,25,26). The van der Waals surface area contributed by atoms with E-state index in [9.17, 15) is 4.79 Å². The molecule has 7 nitrogen and oxygen atoms in total. The Morgan fingerprint density at radius 1 is 1.19 bits per heavy atom. The number of para-hydroxylation sites is 1. The first kappa shape index (κ1) is 22.0. The molecule has 3 aromatic rings. The molecule has 8 heteroatoms. The minimum absolute atomic E-state index is 0.0346. The summed E-state index contributed by atoms with van der Waals surface area (Å²) in [5, 5.41) is 4.10. The minimum atomic E-state index is -0.803. The SMILES string of the molecule is C=CCc1ccccc1OCc1ccc(C(=O)O/N=C(\N)c2cc(Cl)ccc2OC)o1. The number of allylic oxidation sites excluding steroid dienone is 1. The van der Waals surface area contributed by atoms with E-state index in [0.29, 0.717) is 28.5 Å². The molecule has 0 unspecified atom stereocenters. The molecule has 0 saturated carbocycles. The van der Waals surface area contributed by atoms with Crippen molar-refractivity contribution in [2.45, 2.75) is 13.0 Å². The molecule has 31 heavy (non-hydrogen) atoms. The Morgan fingerprint density at radius 2 is 2.00 bits per heavy atom. The second-order valence-corrected chi connectivity index (χ2v) is 6.79. The lowest BCUT2D eigenvalue weighted by Gasteiger charge is -2.08. The number of hydrogen-bond donors (Lipinski definition) is 1. The van der Waals surface area contributed by atoms with Gasteiger partial charge in [0.2, 0.25) is 5.76 Å². The zero-order valence-electron chi connectivity index (χ0n) is 16.8. The van der Waals surface area contributed by atoms with Gasteiger partial charge in [-0.15, -0.1) is 6.58 Å². The summed E-state index contributed by atoms with van der Waals surface area (Å²) in [6, 6.07) is 15.6. The molecule has 2 aromatic carbocycles. The van der Waals surface area contributed by atoms with E-state index in [1.807, 2.05) is 24.3 Å². The van der Waals surface area contributed by atoms with Crippen molar-refractivity contribution >= 4 is 23.4 Å². The number of ether oxygens (including phenoxy) is 2. The van der Waals surface area contributed by atoms with Crippen LogP contribution in [0.25, 0.3) is 0 Å². The number of carbonyl (C=O) groups is 1. The van der Waals surface area contributed by atoms with Crippen molar-refractivity contribution in [3.63, 3.8) is 0 Å². The van der Waals surface area contributed by atoms with Gasteiger partial charge < -0.3 is 24.5 Å². The predicted octanol–water partition coefficient (Wildman–Crippen LogP) is 4.73. The third-order valence-corrected chi connectivity index (χ3v) is 4.47. The first-order valence-electron chi connectivity index (χ1n) is 9.31. The van der Waals surface area contributed by atoms with Gasteiger partial charge in [-0.05, 0) is 48.4 Å². The first-order chi connectivity index (χ1) is 15.0. The van der Waals surface area contributed by atoms with Crippen molar-refractivity contribution in [3.05, 3.63) is 94.9 Å². The molecule has 0 fully saturated rings. The number of hydrogen-bond acceptors (Lipinski definition) is 6. The van der Waals surface area contributed by atoms with Crippen LogP contribution in [-0.4, -0.2) is 18.9 Å². The van der Waals surface area contributed by atoms with Gasteiger partial charge >= 0.3 is 5.97 Å². The van der Waals surface area contributed by atoms with Gasteiger partial charge in [0.15, 0.2) is 5.84 Å². The van der Waals surface area contributed by atoms with Crippen LogP contribution in [0.15, 0.2) is 76.8 Å². The van der Waals surface area contributed by atoms with E-state index in [-0.39, 0.29) is 18.2 Å². The van der Waals surface area contributed by atoms with Gasteiger partial charge in [-0.1, -0.05) is 41.0 Å². The Hall–Kier alpha value is -3.71. The molecule has 1 heterocycles. The summed E-state index contributed by atoms with van der Waals surface area (Å²) >= 11 is 5.97. The second kappa shape index (κ2) is 10.4. The van der Waals surface area contributed by atoms with E-state index >= 15 is 0 Å². The highest BCUT2D eigenvalue weighted by atomic mass is 35.5. The highest BCUT2D eigenvalue weighted by Gasteiger charge is 2.15. The monoisotopic (exact) mass is 440 g/mol. The van der Waals surface area contributed by atoms with Crippen LogP contribution in [0.5, 0.6) is 11.5 Å². The summed E-state index contributed by atoms with van der Waals surface area (Å²) in [5.41, 5.74) is 7.30. The van der Waals surface area contributed by atoms with E-state index in [1.54, 1.807) is 30.3 Å². The van der Waals surface area contributed by atoms with Gasteiger partial charge in [0.25, 0.3) is 0 Å². The van der Waals surface area contributed by atoms with Crippen LogP contribution < -0.4 is 15.2 Å². The Kier molecular flexibility index (Phi) is 7.35. The first-order valence-corrected chi connectivity index (χ1v) is 9.68. The number of benzene rings is 2. The van der Waals surface area contributed by atoms with Crippen molar-refractivity contribution in [2.75, 3.05) is 7.11 Å². The van der Waals surface area contributed by atoms with Gasteiger partial charge in [0, 0.05) is 5.02 Å². The Labute approximate surface area is 184 Å². The molecule has 0 aliphatic rings. The zero-order chi connectivity index (χ0) is 22.2. The summed E-state index contributed by atoms with van der Waals surface area (Å²) in [5.74, 6) is 0.705. The number of oxime groups is 1. The number of nitrogens with two attached hydrogens (primary N) is 1.